The minimum Gasteiger partial charge on any atom is -0.491 e. The summed E-state index contributed by atoms with van der Waals surface area (Å²) in [6, 6.07) is 9.35. The Kier molecular flexibility index (Phi) is 7.11. The fourth-order valence-electron chi connectivity index (χ4n) is 2.71. The van der Waals surface area contributed by atoms with E-state index in [0.717, 1.165) is 23.3 Å². The molecule has 0 unspecified atom stereocenters. The first-order valence-electron chi connectivity index (χ1n) is 8.99. The molecule has 0 saturated heterocycles. The first-order chi connectivity index (χ1) is 12.5. The summed E-state index contributed by atoms with van der Waals surface area (Å²) in [6.45, 7) is 6.94. The molecule has 0 saturated carbocycles. The second kappa shape index (κ2) is 9.30. The second-order valence-electron chi connectivity index (χ2n) is 6.27. The van der Waals surface area contributed by atoms with Gasteiger partial charge in [0.05, 0.1) is 15.9 Å². The zero-order valence-electron chi connectivity index (χ0n) is 16.3. The predicted octanol–water partition coefficient (Wildman–Crippen LogP) is 2.94. The van der Waals surface area contributed by atoms with Gasteiger partial charge in [-0.05, 0) is 12.1 Å². The average molecular weight is 370 g/mol. The zero-order chi connectivity index (χ0) is 19.1. The molecule has 0 bridgehead atoms. The van der Waals surface area contributed by atoms with Crippen LogP contribution in [0.5, 0.6) is 11.5 Å². The molecule has 0 amide bonds. The lowest BCUT2D eigenvalue weighted by Gasteiger charge is -2.16. The van der Waals surface area contributed by atoms with E-state index in [1.165, 1.54) is 18.3 Å². The molecule has 4 nitrogen and oxygen atoms in total. The van der Waals surface area contributed by atoms with Gasteiger partial charge in [-0.15, -0.1) is 5.92 Å². The van der Waals surface area contributed by atoms with E-state index in [1.54, 1.807) is 17.7 Å². The van der Waals surface area contributed by atoms with Crippen molar-refractivity contribution < 1.29 is 9.47 Å². The van der Waals surface area contributed by atoms with E-state index in [-0.39, 0.29) is 5.56 Å². The van der Waals surface area contributed by atoms with Gasteiger partial charge in [-0.25, -0.2) is 0 Å². The summed E-state index contributed by atoms with van der Waals surface area (Å²) in [5.74, 6) is 7.13. The predicted molar refractivity (Wildman–Crippen MR) is 110 cm³/mol. The van der Waals surface area contributed by atoms with Crippen molar-refractivity contribution in [2.45, 2.75) is 32.9 Å². The molecule has 5 heteroatoms. The number of rotatable bonds is 6. The standard InChI is InChI=1S/C21H27NO3Si/c1-6-8-9-12-25-19-11-10-17(26(5)7-2)14-18(19)16-13-20(24-4)21(23)22(3)15-16/h10-11,13-15,26H,6-7,12H2,1-5H3/t26-/m1/s1. The molecule has 0 spiro atoms. The van der Waals surface area contributed by atoms with Gasteiger partial charge in [0.15, 0.2) is 5.75 Å². The van der Waals surface area contributed by atoms with E-state index >= 15 is 0 Å². The van der Waals surface area contributed by atoms with Crippen LogP contribution in [0, 0.1) is 11.8 Å². The largest absolute Gasteiger partial charge is 0.491 e. The number of methoxy groups -OCH3 is 1. The molecule has 1 aromatic heterocycles. The van der Waals surface area contributed by atoms with Gasteiger partial charge in [-0.1, -0.05) is 49.7 Å². The summed E-state index contributed by atoms with van der Waals surface area (Å²) in [5.41, 5.74) is 1.73. The van der Waals surface area contributed by atoms with Crippen LogP contribution in [0.1, 0.15) is 20.3 Å². The number of pyridine rings is 1. The third-order valence-electron chi connectivity index (χ3n) is 4.47. The van der Waals surface area contributed by atoms with Crippen molar-refractivity contribution in [1.82, 2.24) is 4.57 Å². The van der Waals surface area contributed by atoms with Crippen LogP contribution < -0.4 is 20.2 Å². The smallest absolute Gasteiger partial charge is 0.292 e. The summed E-state index contributed by atoms with van der Waals surface area (Å²) < 4.78 is 12.7. The molecule has 0 aliphatic rings. The topological polar surface area (TPSA) is 40.5 Å². The minimum atomic E-state index is -0.975. The first-order valence-corrected chi connectivity index (χ1v) is 11.5. The maximum absolute atomic E-state index is 12.1. The Bertz CT molecular complexity index is 877. The van der Waals surface area contributed by atoms with E-state index in [2.05, 4.69) is 37.4 Å². The number of aryl methyl sites for hydroxylation is 1. The van der Waals surface area contributed by atoms with Crippen molar-refractivity contribution in [3.8, 4) is 34.5 Å². The van der Waals surface area contributed by atoms with E-state index in [4.69, 9.17) is 9.47 Å². The minimum absolute atomic E-state index is 0.153. The number of benzene rings is 1. The Labute approximate surface area is 157 Å². The fraction of sp³-hybridized carbons (Fsp3) is 0.381. The highest BCUT2D eigenvalue weighted by molar-refractivity contribution is 6.72. The molecular weight excluding hydrogens is 342 g/mol. The van der Waals surface area contributed by atoms with E-state index in [0.29, 0.717) is 12.4 Å². The molecule has 1 aromatic carbocycles. The van der Waals surface area contributed by atoms with E-state index < -0.39 is 8.80 Å². The highest BCUT2D eigenvalue weighted by atomic mass is 28.3. The lowest BCUT2D eigenvalue weighted by atomic mass is 10.1. The van der Waals surface area contributed by atoms with Crippen LogP contribution >= 0.6 is 0 Å². The van der Waals surface area contributed by atoms with Crippen LogP contribution in [0.3, 0.4) is 0 Å². The number of nitrogens with zero attached hydrogens (tertiary/aromatic N) is 1. The Hall–Kier alpha value is -2.45. The van der Waals surface area contributed by atoms with Gasteiger partial charge in [0.25, 0.3) is 5.56 Å². The third-order valence-corrected chi connectivity index (χ3v) is 7.19. The summed E-state index contributed by atoms with van der Waals surface area (Å²) in [4.78, 5) is 12.1. The Morgan fingerprint density at radius 3 is 2.58 bits per heavy atom. The van der Waals surface area contributed by atoms with Crippen LogP contribution in [0.15, 0.2) is 35.3 Å². The molecule has 2 aromatic rings. The Morgan fingerprint density at radius 2 is 1.92 bits per heavy atom. The van der Waals surface area contributed by atoms with Gasteiger partial charge in [-0.2, -0.15) is 0 Å². The normalized spacial score (nSPS) is 11.4. The number of hydrogen-bond acceptors (Lipinski definition) is 3. The average Bonchev–Trinajstić information content (AvgIpc) is 2.66. The molecule has 2 rings (SSSR count). The monoisotopic (exact) mass is 369 g/mol. The van der Waals surface area contributed by atoms with Crippen molar-refractivity contribution >= 4 is 14.0 Å². The summed E-state index contributed by atoms with van der Waals surface area (Å²) in [5, 5.41) is 1.38. The van der Waals surface area contributed by atoms with Gasteiger partial charge < -0.3 is 14.0 Å². The zero-order valence-corrected chi connectivity index (χ0v) is 17.4. The Balaban J connectivity index is 2.55. The number of hydrogen-bond donors (Lipinski definition) is 0. The molecule has 0 radical (unpaired) electrons. The molecular formula is C21H27NO3Si. The van der Waals surface area contributed by atoms with Gasteiger partial charge in [-0.3, -0.25) is 4.79 Å². The molecule has 0 N–H and O–H groups in total. The molecule has 0 aliphatic heterocycles. The van der Waals surface area contributed by atoms with Gasteiger partial charge in [0.1, 0.15) is 12.4 Å². The second-order valence-corrected chi connectivity index (χ2v) is 9.56. The van der Waals surface area contributed by atoms with Crippen LogP contribution in [0.2, 0.25) is 12.6 Å². The Morgan fingerprint density at radius 1 is 1.15 bits per heavy atom. The maximum atomic E-state index is 12.1. The third kappa shape index (κ3) is 4.58. The molecule has 1 heterocycles. The molecule has 138 valence electrons. The van der Waals surface area contributed by atoms with Gasteiger partial charge in [0.2, 0.25) is 0 Å². The molecule has 26 heavy (non-hydrogen) atoms. The summed E-state index contributed by atoms with van der Waals surface area (Å²) in [6.07, 6.45) is 2.64. The highest BCUT2D eigenvalue weighted by Crippen LogP contribution is 2.30. The number of ether oxygens (including phenoxy) is 2. The fourth-order valence-corrected chi connectivity index (χ4v) is 4.05. The lowest BCUT2D eigenvalue weighted by Crippen LogP contribution is -2.25. The molecule has 0 aliphatic carbocycles. The first kappa shape index (κ1) is 19.9. The van der Waals surface area contributed by atoms with Gasteiger partial charge in [0, 0.05) is 30.8 Å². The maximum Gasteiger partial charge on any atom is 0.292 e. The van der Waals surface area contributed by atoms with Crippen molar-refractivity contribution in [2.24, 2.45) is 7.05 Å². The molecule has 1 atom stereocenters. The van der Waals surface area contributed by atoms with Crippen molar-refractivity contribution in [1.29, 1.82) is 0 Å². The highest BCUT2D eigenvalue weighted by Gasteiger charge is 2.14. The van der Waals surface area contributed by atoms with Crippen molar-refractivity contribution in [3.63, 3.8) is 0 Å². The van der Waals surface area contributed by atoms with E-state index in [1.807, 2.05) is 19.2 Å². The quantitative estimate of drug-likeness (QED) is 0.581. The van der Waals surface area contributed by atoms with Crippen molar-refractivity contribution in [2.75, 3.05) is 13.7 Å². The number of aromatic nitrogens is 1. The van der Waals surface area contributed by atoms with Crippen LogP contribution in [0.4, 0.5) is 0 Å². The SMILES string of the molecule is CCC#CCOc1ccc([Si@H](C)CC)cc1-c1cc(OC)c(=O)n(C)c1. The summed E-state index contributed by atoms with van der Waals surface area (Å²) >= 11 is 0. The van der Waals surface area contributed by atoms with Crippen LogP contribution in [-0.2, 0) is 7.05 Å². The summed E-state index contributed by atoms with van der Waals surface area (Å²) in [7, 11) is 2.27. The van der Waals surface area contributed by atoms with Gasteiger partial charge >= 0.3 is 0 Å². The molecule has 0 fully saturated rings. The van der Waals surface area contributed by atoms with E-state index in [9.17, 15) is 4.79 Å². The lowest BCUT2D eigenvalue weighted by molar-refractivity contribution is 0.371. The van der Waals surface area contributed by atoms with Crippen LogP contribution in [0.25, 0.3) is 11.1 Å². The van der Waals surface area contributed by atoms with Crippen molar-refractivity contribution in [3.05, 3.63) is 40.8 Å². The van der Waals surface area contributed by atoms with Crippen LogP contribution in [-0.4, -0.2) is 27.1 Å².